The summed E-state index contributed by atoms with van der Waals surface area (Å²) < 4.78 is 70.5. The molecular formula is C30H31F5N8O2. The van der Waals surface area contributed by atoms with Gasteiger partial charge in [0.15, 0.2) is 0 Å². The van der Waals surface area contributed by atoms with Crippen LogP contribution in [0.3, 0.4) is 0 Å². The van der Waals surface area contributed by atoms with Gasteiger partial charge in [-0.15, -0.1) is 0 Å². The smallest absolute Gasteiger partial charge is 0.282 e. The zero-order valence-corrected chi connectivity index (χ0v) is 24.4. The molecule has 1 atom stereocenters. The lowest BCUT2D eigenvalue weighted by Gasteiger charge is -2.31. The number of hydrogen-bond donors (Lipinski definition) is 3. The summed E-state index contributed by atoms with van der Waals surface area (Å²) in [5.41, 5.74) is -0.383. The number of pyridine rings is 1. The summed E-state index contributed by atoms with van der Waals surface area (Å²) >= 11 is 0. The van der Waals surface area contributed by atoms with Crippen molar-refractivity contribution in [1.82, 2.24) is 29.7 Å². The number of anilines is 1. The number of carbonyl (C=O) groups excluding carboxylic acids is 1. The summed E-state index contributed by atoms with van der Waals surface area (Å²) in [7, 11) is 0. The number of carbonyl (C=O) groups is 1. The highest BCUT2D eigenvalue weighted by atomic mass is 19.3. The first-order valence-electron chi connectivity index (χ1n) is 14.3. The monoisotopic (exact) mass is 630 g/mol. The van der Waals surface area contributed by atoms with Crippen molar-refractivity contribution in [3.8, 4) is 17.5 Å². The maximum absolute atomic E-state index is 14.4. The number of aliphatic hydroxyl groups is 1. The number of fused-ring (bicyclic) bond motifs is 1. The van der Waals surface area contributed by atoms with Crippen LogP contribution >= 0.6 is 0 Å². The molecule has 45 heavy (non-hydrogen) atoms. The highest BCUT2D eigenvalue weighted by molar-refractivity contribution is 6.00. The molecule has 4 heterocycles. The number of nitriles is 1. The van der Waals surface area contributed by atoms with Crippen molar-refractivity contribution in [1.29, 1.82) is 5.26 Å². The number of hydrogen-bond acceptors (Lipinski definition) is 7. The number of nitrogens with one attached hydrogen (secondary N) is 2. The van der Waals surface area contributed by atoms with Gasteiger partial charge in [-0.3, -0.25) is 14.5 Å². The summed E-state index contributed by atoms with van der Waals surface area (Å²) in [5.74, 6) is -0.633. The van der Waals surface area contributed by atoms with E-state index in [1.807, 2.05) is 6.07 Å². The first kappa shape index (κ1) is 31.8. The second kappa shape index (κ2) is 12.8. The van der Waals surface area contributed by atoms with E-state index in [4.69, 9.17) is 0 Å². The number of rotatable bonds is 10. The van der Waals surface area contributed by atoms with Crippen LogP contribution in [0.25, 0.3) is 16.9 Å². The molecular weight excluding hydrogens is 599 g/mol. The Bertz CT molecular complexity index is 1720. The molecule has 10 nitrogen and oxygen atoms in total. The highest BCUT2D eigenvalue weighted by Crippen LogP contribution is 2.36. The molecule has 3 N–H and O–H groups in total. The van der Waals surface area contributed by atoms with Crippen molar-refractivity contribution in [3.63, 3.8) is 0 Å². The van der Waals surface area contributed by atoms with Gasteiger partial charge in [0.05, 0.1) is 58.1 Å². The predicted octanol–water partition coefficient (Wildman–Crippen LogP) is 5.77. The Labute approximate surface area is 254 Å². The van der Waals surface area contributed by atoms with Crippen molar-refractivity contribution < 1.29 is 31.9 Å². The topological polar surface area (TPSA) is 133 Å². The third-order valence-corrected chi connectivity index (χ3v) is 7.88. The molecule has 4 aromatic rings. The number of nitrogens with zero attached hydrogens (tertiary/aromatic N) is 6. The van der Waals surface area contributed by atoms with Crippen LogP contribution in [0.5, 0.6) is 0 Å². The van der Waals surface area contributed by atoms with Crippen LogP contribution in [0, 0.1) is 11.3 Å². The lowest BCUT2D eigenvalue weighted by atomic mass is 9.90. The zero-order chi connectivity index (χ0) is 32.5. The van der Waals surface area contributed by atoms with Crippen LogP contribution in [-0.2, 0) is 0 Å². The molecule has 0 bridgehead atoms. The van der Waals surface area contributed by atoms with Crippen molar-refractivity contribution in [2.75, 3.05) is 11.9 Å². The maximum atomic E-state index is 14.4. The predicted molar refractivity (Wildman–Crippen MR) is 154 cm³/mol. The summed E-state index contributed by atoms with van der Waals surface area (Å²) in [6.07, 6.45) is -3.27. The molecule has 0 radical (unpaired) electrons. The quantitative estimate of drug-likeness (QED) is 0.189. The summed E-state index contributed by atoms with van der Waals surface area (Å²) in [6.45, 7) is 2.14. The fourth-order valence-corrected chi connectivity index (χ4v) is 5.35. The van der Waals surface area contributed by atoms with Crippen LogP contribution in [-0.4, -0.2) is 59.8 Å². The lowest BCUT2D eigenvalue weighted by Crippen LogP contribution is -2.42. The average Bonchev–Trinajstić information content (AvgIpc) is 3.65. The van der Waals surface area contributed by atoms with Gasteiger partial charge in [-0.05, 0) is 69.9 Å². The Morgan fingerprint density at radius 3 is 2.47 bits per heavy atom. The number of halogens is 5. The van der Waals surface area contributed by atoms with Crippen LogP contribution in [0.1, 0.15) is 85.7 Å². The molecule has 0 saturated heterocycles. The van der Waals surface area contributed by atoms with Crippen LogP contribution in [0.4, 0.5) is 27.6 Å². The Balaban J connectivity index is 1.40. The SMILES string of the molecule is CC(C)(O)[C@H](F)CNC(=O)c1cnc(-c2ccc3cc(C#N)cnn23)cc1NC1CCC(n2nc(C(F)F)cc2C(F)F)CC1. The Hall–Kier alpha value is -4.58. The van der Waals surface area contributed by atoms with Gasteiger partial charge in [0.1, 0.15) is 23.6 Å². The van der Waals surface area contributed by atoms with E-state index in [1.165, 1.54) is 26.2 Å². The van der Waals surface area contributed by atoms with Gasteiger partial charge >= 0.3 is 0 Å². The van der Waals surface area contributed by atoms with E-state index < -0.39 is 54.5 Å². The molecule has 1 aliphatic rings. The summed E-state index contributed by atoms with van der Waals surface area (Å²) in [4.78, 5) is 17.6. The van der Waals surface area contributed by atoms with E-state index in [0.717, 1.165) is 10.7 Å². The average molecular weight is 631 g/mol. The van der Waals surface area contributed by atoms with Gasteiger partial charge in [-0.25, -0.2) is 26.5 Å². The molecule has 1 aliphatic carbocycles. The fraction of sp³-hybridized carbons (Fsp3) is 0.433. The molecule has 15 heteroatoms. The third kappa shape index (κ3) is 6.90. The molecule has 1 saturated carbocycles. The van der Waals surface area contributed by atoms with Crippen LogP contribution in [0.2, 0.25) is 0 Å². The number of amides is 1. The minimum Gasteiger partial charge on any atom is -0.387 e. The van der Waals surface area contributed by atoms with Crippen LogP contribution in [0.15, 0.2) is 42.7 Å². The zero-order valence-electron chi connectivity index (χ0n) is 24.4. The minimum absolute atomic E-state index is 0.109. The van der Waals surface area contributed by atoms with Crippen molar-refractivity contribution in [2.45, 2.75) is 76.2 Å². The normalized spacial score (nSPS) is 17.9. The van der Waals surface area contributed by atoms with Crippen LogP contribution < -0.4 is 10.6 Å². The largest absolute Gasteiger partial charge is 0.387 e. The van der Waals surface area contributed by atoms with Gasteiger partial charge < -0.3 is 15.7 Å². The molecule has 0 aromatic carbocycles. The van der Waals surface area contributed by atoms with E-state index in [1.54, 1.807) is 28.8 Å². The molecule has 0 aliphatic heterocycles. The standard InChI is InChI=1S/C30H31F5N8O2/c1-30(2,45)26(31)15-38-29(44)20-14-37-22(24-8-7-19-9-16(12-36)13-39-42(19)24)10-21(20)40-17-3-5-18(6-4-17)43-25(28(34)35)11-23(41-43)27(32)33/h7-11,13-14,17-18,26-28,45H,3-6,15H2,1-2H3,(H,37,40)(H,38,44)/t17?,18?,26-/m1/s1. The van der Waals surface area contributed by atoms with Gasteiger partial charge in [0, 0.05) is 12.2 Å². The van der Waals surface area contributed by atoms with Crippen molar-refractivity contribution in [3.05, 3.63) is 65.2 Å². The minimum atomic E-state index is -2.97. The second-order valence-corrected chi connectivity index (χ2v) is 11.5. The van der Waals surface area contributed by atoms with E-state index in [0.29, 0.717) is 53.8 Å². The number of aromatic nitrogens is 5. The Kier molecular flexibility index (Phi) is 9.06. The van der Waals surface area contributed by atoms with Gasteiger partial charge in [0.25, 0.3) is 18.8 Å². The van der Waals surface area contributed by atoms with Crippen molar-refractivity contribution >= 4 is 17.1 Å². The molecule has 0 spiro atoms. The first-order chi connectivity index (χ1) is 21.3. The number of alkyl halides is 5. The van der Waals surface area contributed by atoms with E-state index in [9.17, 15) is 37.1 Å². The molecule has 5 rings (SSSR count). The van der Waals surface area contributed by atoms with Gasteiger partial charge in [-0.2, -0.15) is 15.5 Å². The first-order valence-corrected chi connectivity index (χ1v) is 14.3. The third-order valence-electron chi connectivity index (χ3n) is 7.88. The fourth-order valence-electron chi connectivity index (χ4n) is 5.35. The Morgan fingerprint density at radius 2 is 1.82 bits per heavy atom. The molecule has 238 valence electrons. The molecule has 4 aromatic heterocycles. The van der Waals surface area contributed by atoms with Crippen molar-refractivity contribution in [2.24, 2.45) is 0 Å². The van der Waals surface area contributed by atoms with E-state index >= 15 is 0 Å². The maximum Gasteiger partial charge on any atom is 0.282 e. The molecule has 1 fully saturated rings. The van der Waals surface area contributed by atoms with Gasteiger partial charge in [0.2, 0.25) is 0 Å². The summed E-state index contributed by atoms with van der Waals surface area (Å²) in [6, 6.07) is 8.87. The molecule has 0 unspecified atom stereocenters. The summed E-state index contributed by atoms with van der Waals surface area (Å²) in [5, 5.41) is 33.0. The second-order valence-electron chi connectivity index (χ2n) is 11.5. The van der Waals surface area contributed by atoms with E-state index in [-0.39, 0.29) is 11.6 Å². The van der Waals surface area contributed by atoms with Gasteiger partial charge in [-0.1, -0.05) is 0 Å². The Morgan fingerprint density at radius 1 is 1.09 bits per heavy atom. The van der Waals surface area contributed by atoms with E-state index in [2.05, 4.69) is 25.8 Å². The highest BCUT2D eigenvalue weighted by Gasteiger charge is 2.31. The molecule has 1 amide bonds. The lowest BCUT2D eigenvalue weighted by molar-refractivity contribution is -0.00178.